The monoisotopic (exact) mass is 601 g/mol. The first-order valence-corrected chi connectivity index (χ1v) is 13.7. The maximum absolute atomic E-state index is 14.6. The number of hydrogen-bond donors (Lipinski definition) is 3. The number of fused-ring (bicyclic) bond motifs is 1. The number of benzene rings is 2. The van der Waals surface area contributed by atoms with Gasteiger partial charge in [0.2, 0.25) is 17.9 Å². The third kappa shape index (κ3) is 5.41. The molecule has 2 aromatic carbocycles. The number of nitrogens with zero attached hydrogens (tertiary/aromatic N) is 5. The number of imidazole rings is 1. The van der Waals surface area contributed by atoms with Crippen molar-refractivity contribution in [2.45, 2.75) is 37.6 Å². The van der Waals surface area contributed by atoms with Gasteiger partial charge < -0.3 is 25.8 Å². The van der Waals surface area contributed by atoms with Crippen LogP contribution in [0, 0.1) is 5.41 Å². The summed E-state index contributed by atoms with van der Waals surface area (Å²) in [6.45, 7) is 1.66. The number of piperidine rings is 1. The third-order valence-corrected chi connectivity index (χ3v) is 8.27. The summed E-state index contributed by atoms with van der Waals surface area (Å²) in [5.41, 5.74) is 6.96. The Balaban J connectivity index is 1.29. The second kappa shape index (κ2) is 10.6. The van der Waals surface area contributed by atoms with Crippen LogP contribution in [0.4, 0.5) is 24.9 Å². The number of nitrogen functional groups attached to an aromatic ring is 1. The number of nitrogens with two attached hydrogens (primary N) is 1. The van der Waals surface area contributed by atoms with Gasteiger partial charge in [-0.15, -0.1) is 0 Å². The molecule has 42 heavy (non-hydrogen) atoms. The average Bonchev–Trinajstić information content (AvgIpc) is 3.56. The van der Waals surface area contributed by atoms with Gasteiger partial charge in [-0.1, -0.05) is 29.8 Å². The highest BCUT2D eigenvalue weighted by Crippen LogP contribution is 2.42. The van der Waals surface area contributed by atoms with E-state index in [0.717, 1.165) is 0 Å². The summed E-state index contributed by atoms with van der Waals surface area (Å²) < 4.78 is 51.0. The maximum atomic E-state index is 14.6. The van der Waals surface area contributed by atoms with Crippen LogP contribution in [0.25, 0.3) is 16.7 Å². The van der Waals surface area contributed by atoms with E-state index in [1.807, 2.05) is 4.90 Å². The number of anilines is 2. The van der Waals surface area contributed by atoms with Crippen LogP contribution < -0.4 is 20.7 Å². The summed E-state index contributed by atoms with van der Waals surface area (Å²) in [5.74, 6) is -1.09. The summed E-state index contributed by atoms with van der Waals surface area (Å²) in [6.07, 6.45) is -3.87. The quantitative estimate of drug-likeness (QED) is 0.286. The normalized spacial score (nSPS) is 19.3. The van der Waals surface area contributed by atoms with Crippen LogP contribution in [-0.2, 0) is 4.79 Å². The smallest absolute Gasteiger partial charge is 0.429 e. The van der Waals surface area contributed by atoms with Crippen molar-refractivity contribution >= 4 is 40.4 Å². The first-order chi connectivity index (χ1) is 20.0. The van der Waals surface area contributed by atoms with E-state index in [4.69, 9.17) is 22.1 Å². The highest BCUT2D eigenvalue weighted by atomic mass is 35.5. The molecule has 4 aromatic rings. The molecule has 1 spiro atoms. The summed E-state index contributed by atoms with van der Waals surface area (Å²) in [6, 6.07) is 11.9. The Hall–Kier alpha value is -4.10. The molecule has 0 amide bonds. The van der Waals surface area contributed by atoms with Crippen molar-refractivity contribution in [1.82, 2.24) is 24.8 Å². The van der Waals surface area contributed by atoms with Gasteiger partial charge in [0.15, 0.2) is 0 Å². The van der Waals surface area contributed by atoms with Crippen molar-refractivity contribution in [3.63, 3.8) is 0 Å². The minimum absolute atomic E-state index is 0.151. The molecule has 0 aliphatic carbocycles. The van der Waals surface area contributed by atoms with E-state index < -0.39 is 24.3 Å². The largest absolute Gasteiger partial charge is 0.480 e. The number of rotatable bonds is 6. The van der Waals surface area contributed by atoms with Gasteiger partial charge in [0.05, 0.1) is 16.7 Å². The van der Waals surface area contributed by atoms with Crippen LogP contribution in [0.5, 0.6) is 5.88 Å². The minimum atomic E-state index is -4.83. The molecule has 0 bridgehead atoms. The number of hydrogen-bond acceptors (Lipinski definition) is 8. The summed E-state index contributed by atoms with van der Waals surface area (Å²) in [7, 11) is 0. The molecule has 2 saturated heterocycles. The van der Waals surface area contributed by atoms with Crippen molar-refractivity contribution in [2.75, 3.05) is 30.3 Å². The van der Waals surface area contributed by atoms with E-state index >= 15 is 0 Å². The molecule has 0 saturated carbocycles. The molecule has 6 rings (SSSR count). The number of aliphatic carboxylic acids is 1. The van der Waals surface area contributed by atoms with Crippen molar-refractivity contribution in [1.29, 1.82) is 0 Å². The molecule has 220 valence electrons. The average molecular weight is 602 g/mol. The highest BCUT2D eigenvalue weighted by molar-refractivity contribution is 6.30. The summed E-state index contributed by atoms with van der Waals surface area (Å²) >= 11 is 6.23. The Morgan fingerprint density at radius 2 is 1.93 bits per heavy atom. The fraction of sp³-hybridized carbons (Fsp3) is 0.357. The van der Waals surface area contributed by atoms with Gasteiger partial charge >= 0.3 is 12.1 Å². The number of carbonyl (C=O) groups is 1. The van der Waals surface area contributed by atoms with Gasteiger partial charge in [0, 0.05) is 36.3 Å². The standard InChI is InChI=1S/C28H27ClF3N7O3/c29-16-5-6-17(21(11-16)39-15-35-18-3-1-2-4-20(18)39)24(28(30,31)32)42-23-12-22(36-26(33)37-23)38-9-7-27(8-10-38)13-19(25(40)41)34-14-27/h1-6,11-12,15,19,24,34H,7-10,13-14H2,(H,40,41)(H2,33,36,37)/t19-,24?/m0/s1. The molecule has 1 unspecified atom stereocenters. The van der Waals surface area contributed by atoms with Crippen LogP contribution in [0.15, 0.2) is 54.9 Å². The Bertz CT molecular complexity index is 1640. The second-order valence-electron chi connectivity index (χ2n) is 10.7. The zero-order chi connectivity index (χ0) is 29.6. The predicted molar refractivity (Wildman–Crippen MR) is 150 cm³/mol. The van der Waals surface area contributed by atoms with Gasteiger partial charge in [0.1, 0.15) is 18.2 Å². The molecule has 14 heteroatoms. The molecular formula is C28H27ClF3N7O3. The first-order valence-electron chi connectivity index (χ1n) is 13.3. The van der Waals surface area contributed by atoms with Gasteiger partial charge in [-0.3, -0.25) is 9.36 Å². The zero-order valence-electron chi connectivity index (χ0n) is 22.2. The van der Waals surface area contributed by atoms with E-state index in [1.54, 1.807) is 24.3 Å². The van der Waals surface area contributed by atoms with Crippen molar-refractivity contribution < 1.29 is 27.8 Å². The number of carboxylic acid groups (broad SMARTS) is 1. The van der Waals surface area contributed by atoms with Crippen molar-refractivity contribution in [3.05, 3.63) is 65.4 Å². The van der Waals surface area contributed by atoms with Crippen molar-refractivity contribution in [2.24, 2.45) is 5.41 Å². The van der Waals surface area contributed by atoms with Crippen LogP contribution in [0.1, 0.15) is 30.9 Å². The van der Waals surface area contributed by atoms with E-state index in [1.165, 1.54) is 35.2 Å². The second-order valence-corrected chi connectivity index (χ2v) is 11.2. The van der Waals surface area contributed by atoms with Gasteiger partial charge in [-0.25, -0.2) is 4.98 Å². The molecule has 2 fully saturated rings. The Labute approximate surface area is 243 Å². The molecule has 2 aliphatic rings. The van der Waals surface area contributed by atoms with Gasteiger partial charge in [-0.2, -0.15) is 23.1 Å². The SMILES string of the molecule is Nc1nc(OC(c2ccc(Cl)cc2-n2cnc3ccccc32)C(F)(F)F)cc(N2CCC3(CC2)CN[C@H](C(=O)O)C3)n1. The first kappa shape index (κ1) is 28.0. The number of ether oxygens (including phenoxy) is 1. The number of halogens is 4. The lowest BCUT2D eigenvalue weighted by atomic mass is 9.76. The van der Waals surface area contributed by atoms with Crippen LogP contribution in [-0.4, -0.2) is 62.4 Å². The number of aromatic nitrogens is 4. The lowest BCUT2D eigenvalue weighted by Crippen LogP contribution is -2.41. The predicted octanol–water partition coefficient (Wildman–Crippen LogP) is 4.77. The topological polar surface area (TPSA) is 131 Å². The lowest BCUT2D eigenvalue weighted by molar-refractivity contribution is -0.198. The summed E-state index contributed by atoms with van der Waals surface area (Å²) in [4.78, 5) is 25.8. The molecule has 4 heterocycles. The number of nitrogens with one attached hydrogen (secondary N) is 1. The molecular weight excluding hydrogens is 575 g/mol. The van der Waals surface area contributed by atoms with Crippen LogP contribution in [0.3, 0.4) is 0 Å². The zero-order valence-corrected chi connectivity index (χ0v) is 22.9. The van der Waals surface area contributed by atoms with Crippen LogP contribution in [0.2, 0.25) is 5.02 Å². The fourth-order valence-electron chi connectivity index (χ4n) is 5.86. The molecule has 2 aromatic heterocycles. The van der Waals surface area contributed by atoms with E-state index in [0.29, 0.717) is 55.7 Å². The molecule has 2 aliphatic heterocycles. The Morgan fingerprint density at radius 3 is 2.64 bits per heavy atom. The number of alkyl halides is 3. The lowest BCUT2D eigenvalue weighted by Gasteiger charge is -2.39. The highest BCUT2D eigenvalue weighted by Gasteiger charge is 2.46. The summed E-state index contributed by atoms with van der Waals surface area (Å²) in [5, 5.41) is 12.7. The van der Waals surface area contributed by atoms with E-state index in [2.05, 4.69) is 20.3 Å². The number of carboxylic acids is 1. The minimum Gasteiger partial charge on any atom is -0.480 e. The maximum Gasteiger partial charge on any atom is 0.429 e. The molecule has 4 N–H and O–H groups in total. The molecule has 10 nitrogen and oxygen atoms in total. The van der Waals surface area contributed by atoms with E-state index in [-0.39, 0.29) is 33.5 Å². The third-order valence-electron chi connectivity index (χ3n) is 8.04. The molecule has 2 atom stereocenters. The van der Waals surface area contributed by atoms with Crippen molar-refractivity contribution in [3.8, 4) is 11.6 Å². The Morgan fingerprint density at radius 1 is 1.17 bits per heavy atom. The number of para-hydroxylation sites is 2. The van der Waals surface area contributed by atoms with E-state index in [9.17, 15) is 23.1 Å². The molecule has 0 radical (unpaired) electrons. The van der Waals surface area contributed by atoms with Crippen LogP contribution >= 0.6 is 11.6 Å². The Kier molecular flexibility index (Phi) is 7.09. The fourth-order valence-corrected chi connectivity index (χ4v) is 6.03. The van der Waals surface area contributed by atoms with Gasteiger partial charge in [-0.05, 0) is 48.9 Å². The van der Waals surface area contributed by atoms with Gasteiger partial charge in [0.25, 0.3) is 0 Å².